The molecule has 1 heterocycles. The zero-order chi connectivity index (χ0) is 55.4. The van der Waals surface area contributed by atoms with Crippen LogP contribution in [0.5, 0.6) is 0 Å². The van der Waals surface area contributed by atoms with Gasteiger partial charge in [0.1, 0.15) is 24.4 Å². The highest BCUT2D eigenvalue weighted by Crippen LogP contribution is 2.26. The lowest BCUT2D eigenvalue weighted by atomic mass is 9.99. The topological polar surface area (TPSA) is 175 Å². The zero-order valence-electron chi connectivity index (χ0n) is 48.6. The van der Waals surface area contributed by atoms with E-state index in [0.29, 0.717) is 12.8 Å². The number of aliphatic hydroxyl groups is 5. The Morgan fingerprint density at radius 2 is 0.908 bits per heavy atom. The number of allylic oxidation sites excluding steroid dienone is 11. The quantitative estimate of drug-likeness (QED) is 0.0195. The number of unbranched alkanes of at least 4 members (excludes halogenated alkanes) is 28. The van der Waals surface area contributed by atoms with Crippen molar-refractivity contribution in [2.45, 2.75) is 314 Å². The molecule has 1 aliphatic heterocycles. The maximum Gasteiger partial charge on any atom is 0.306 e. The second-order valence-corrected chi connectivity index (χ2v) is 21.4. The molecule has 0 radical (unpaired) electrons. The van der Waals surface area contributed by atoms with Gasteiger partial charge in [-0.1, -0.05) is 235 Å². The Morgan fingerprint density at radius 1 is 0.513 bits per heavy atom. The first-order valence-corrected chi connectivity index (χ1v) is 31.2. The van der Waals surface area contributed by atoms with E-state index in [-0.39, 0.29) is 19.4 Å². The van der Waals surface area contributed by atoms with Crippen molar-refractivity contribution >= 4 is 11.9 Å². The molecule has 0 aromatic rings. The highest BCUT2D eigenvalue weighted by Gasteiger charge is 2.47. The molecule has 0 aliphatic carbocycles. The first-order chi connectivity index (χ1) is 37.2. The van der Waals surface area contributed by atoms with Crippen LogP contribution in [-0.4, -0.2) is 99.6 Å². The number of amides is 1. The predicted octanol–water partition coefficient (Wildman–Crippen LogP) is 14.8. The van der Waals surface area contributed by atoms with Gasteiger partial charge < -0.3 is 45.1 Å². The standard InChI is InChI=1S/C65H115NO10/c1-4-7-10-13-16-19-22-24-25-26-27-28-29-30-31-32-33-35-38-41-44-47-50-53-60(70)76-63-62(72)61(71)59(54-67)75-65(63)74-55-56(57(68)51-48-45-42-39-36-21-18-15-12-9-6-3)66-64(73)58(69)52-49-46-43-40-37-34-23-20-17-14-11-8-5-2/h16,19,24-25,27-28,30-31,37,40,48,51,56-59,61-63,65,67-69,71-72H,4-15,17-18,20-23,26,29,32-36,38-39,41-47,49-50,52-55H2,1-3H3,(H,66,73)/b19-16-,25-24-,28-27-,31-30-,40-37-,51-48+. The fourth-order valence-corrected chi connectivity index (χ4v) is 9.33. The van der Waals surface area contributed by atoms with Crippen LogP contribution in [0.3, 0.4) is 0 Å². The van der Waals surface area contributed by atoms with Crippen LogP contribution in [0.2, 0.25) is 0 Å². The van der Waals surface area contributed by atoms with Crippen molar-refractivity contribution < 1.29 is 49.3 Å². The molecule has 1 rings (SSSR count). The molecule has 1 aliphatic rings. The number of carbonyl (C=O) groups excluding carboxylic acids is 2. The van der Waals surface area contributed by atoms with Gasteiger partial charge in [-0.3, -0.25) is 9.59 Å². The van der Waals surface area contributed by atoms with Crippen molar-refractivity contribution in [3.05, 3.63) is 72.9 Å². The predicted molar refractivity (Wildman–Crippen MR) is 315 cm³/mol. The summed E-state index contributed by atoms with van der Waals surface area (Å²) in [6, 6.07) is -1.04. The van der Waals surface area contributed by atoms with Crippen LogP contribution in [0.25, 0.3) is 0 Å². The van der Waals surface area contributed by atoms with Gasteiger partial charge in [-0.25, -0.2) is 0 Å². The van der Waals surface area contributed by atoms with E-state index in [1.54, 1.807) is 6.08 Å². The van der Waals surface area contributed by atoms with E-state index in [0.717, 1.165) is 103 Å². The summed E-state index contributed by atoms with van der Waals surface area (Å²) >= 11 is 0. The van der Waals surface area contributed by atoms with Gasteiger partial charge >= 0.3 is 5.97 Å². The lowest BCUT2D eigenvalue weighted by Crippen LogP contribution is -2.61. The summed E-state index contributed by atoms with van der Waals surface area (Å²) in [6.07, 6.45) is 56.6. The second-order valence-electron chi connectivity index (χ2n) is 21.4. The van der Waals surface area contributed by atoms with Crippen molar-refractivity contribution in [3.8, 4) is 0 Å². The molecule has 11 nitrogen and oxygen atoms in total. The monoisotopic (exact) mass is 1070 g/mol. The molecule has 76 heavy (non-hydrogen) atoms. The molecule has 6 N–H and O–H groups in total. The van der Waals surface area contributed by atoms with Crippen molar-refractivity contribution in [2.24, 2.45) is 0 Å². The van der Waals surface area contributed by atoms with Gasteiger partial charge in [0, 0.05) is 6.42 Å². The summed E-state index contributed by atoms with van der Waals surface area (Å²) in [5.41, 5.74) is 0. The van der Waals surface area contributed by atoms with Crippen molar-refractivity contribution in [3.63, 3.8) is 0 Å². The van der Waals surface area contributed by atoms with Crippen LogP contribution in [0.4, 0.5) is 0 Å². The molecule has 11 heteroatoms. The normalized spacial score (nSPS) is 19.6. The number of ether oxygens (including phenoxy) is 3. The van der Waals surface area contributed by atoms with E-state index in [4.69, 9.17) is 14.2 Å². The van der Waals surface area contributed by atoms with Crippen molar-refractivity contribution in [1.82, 2.24) is 5.32 Å². The first kappa shape index (κ1) is 71.1. The molecular formula is C65H115NO10. The third-order valence-electron chi connectivity index (χ3n) is 14.3. The molecule has 0 bridgehead atoms. The first-order valence-electron chi connectivity index (χ1n) is 31.2. The zero-order valence-corrected chi connectivity index (χ0v) is 48.6. The lowest BCUT2D eigenvalue weighted by molar-refractivity contribution is -0.305. The summed E-state index contributed by atoms with van der Waals surface area (Å²) in [5, 5.41) is 56.9. The summed E-state index contributed by atoms with van der Waals surface area (Å²) in [7, 11) is 0. The number of hydrogen-bond donors (Lipinski definition) is 6. The molecule has 0 saturated carbocycles. The van der Waals surface area contributed by atoms with Crippen LogP contribution in [0, 0.1) is 0 Å². The Labute approximate surface area is 464 Å². The Kier molecular flexibility index (Phi) is 49.4. The van der Waals surface area contributed by atoms with Crippen LogP contribution in [0.15, 0.2) is 72.9 Å². The molecule has 0 spiro atoms. The fraction of sp³-hybridized carbons (Fsp3) is 0.785. The van der Waals surface area contributed by atoms with E-state index in [9.17, 15) is 35.1 Å². The van der Waals surface area contributed by atoms with Crippen LogP contribution < -0.4 is 5.32 Å². The Morgan fingerprint density at radius 3 is 1.39 bits per heavy atom. The SMILES string of the molecule is CCCCC/C=C\C/C=C\C/C=C\C/C=C\CCCCCCCCCC(=O)OC1C(OCC(NC(=O)C(O)CCCC/C=C\CCCCCCCCC)C(O)/C=C/CCCCCCCCCCC)OC(CO)C(O)C1O. The lowest BCUT2D eigenvalue weighted by Gasteiger charge is -2.41. The van der Waals surface area contributed by atoms with Gasteiger partial charge in [0.15, 0.2) is 12.4 Å². The molecule has 1 saturated heterocycles. The summed E-state index contributed by atoms with van der Waals surface area (Å²) in [5.74, 6) is -1.22. The minimum atomic E-state index is -1.62. The van der Waals surface area contributed by atoms with Gasteiger partial charge in [0.25, 0.3) is 0 Å². The van der Waals surface area contributed by atoms with Gasteiger partial charge in [-0.15, -0.1) is 0 Å². The molecule has 1 amide bonds. The van der Waals surface area contributed by atoms with E-state index in [1.807, 2.05) is 6.08 Å². The molecular weight excluding hydrogens is 955 g/mol. The molecule has 440 valence electrons. The molecule has 0 aromatic carbocycles. The summed E-state index contributed by atoms with van der Waals surface area (Å²) in [4.78, 5) is 26.5. The second kappa shape index (κ2) is 52.8. The highest BCUT2D eigenvalue weighted by atomic mass is 16.7. The number of carbonyl (C=O) groups is 2. The number of nitrogens with one attached hydrogen (secondary N) is 1. The smallest absolute Gasteiger partial charge is 0.306 e. The van der Waals surface area contributed by atoms with E-state index in [1.165, 1.54) is 116 Å². The average Bonchev–Trinajstić information content (AvgIpc) is 3.42. The summed E-state index contributed by atoms with van der Waals surface area (Å²) < 4.78 is 17.6. The average molecular weight is 1070 g/mol. The highest BCUT2D eigenvalue weighted by molar-refractivity contribution is 5.80. The minimum Gasteiger partial charge on any atom is -0.454 e. The van der Waals surface area contributed by atoms with Gasteiger partial charge in [0.2, 0.25) is 5.91 Å². The minimum absolute atomic E-state index is 0.107. The molecule has 8 atom stereocenters. The van der Waals surface area contributed by atoms with Crippen LogP contribution in [0.1, 0.15) is 265 Å². The molecule has 1 fully saturated rings. The Bertz CT molecular complexity index is 1510. The van der Waals surface area contributed by atoms with E-state index in [2.05, 4.69) is 86.8 Å². The largest absolute Gasteiger partial charge is 0.454 e. The number of aliphatic hydroxyl groups excluding tert-OH is 5. The fourth-order valence-electron chi connectivity index (χ4n) is 9.33. The summed E-state index contributed by atoms with van der Waals surface area (Å²) in [6.45, 7) is 5.73. The maximum atomic E-state index is 13.4. The van der Waals surface area contributed by atoms with Crippen molar-refractivity contribution in [2.75, 3.05) is 13.2 Å². The van der Waals surface area contributed by atoms with Crippen LogP contribution >= 0.6 is 0 Å². The van der Waals surface area contributed by atoms with Crippen LogP contribution in [-0.2, 0) is 23.8 Å². The maximum absolute atomic E-state index is 13.4. The Balaban J connectivity index is 2.65. The number of esters is 1. The van der Waals surface area contributed by atoms with E-state index < -0.39 is 67.4 Å². The Hall–Kier alpha value is -2.90. The van der Waals surface area contributed by atoms with Gasteiger partial charge in [-0.05, 0) is 96.3 Å². The van der Waals surface area contributed by atoms with Gasteiger partial charge in [-0.2, -0.15) is 0 Å². The third kappa shape index (κ3) is 40.3. The van der Waals surface area contributed by atoms with Gasteiger partial charge in [0.05, 0.1) is 25.4 Å². The van der Waals surface area contributed by atoms with E-state index >= 15 is 0 Å². The van der Waals surface area contributed by atoms with Crippen molar-refractivity contribution in [1.29, 1.82) is 0 Å². The third-order valence-corrected chi connectivity index (χ3v) is 14.3. The molecule has 8 unspecified atom stereocenters. The molecule has 0 aromatic heterocycles. The number of rotatable bonds is 52. The number of hydrogen-bond acceptors (Lipinski definition) is 10.